The first-order valence-electron chi connectivity index (χ1n) is 10.2. The van der Waals surface area contributed by atoms with Crippen molar-refractivity contribution in [3.05, 3.63) is 59.7 Å². The summed E-state index contributed by atoms with van der Waals surface area (Å²) in [5.74, 6) is -3.66. The molecule has 190 valence electrons. The number of phenolic OH excluding ortho intramolecular Hbond substituents is 2. The first-order chi connectivity index (χ1) is 15.9. The van der Waals surface area contributed by atoms with Crippen molar-refractivity contribution >= 4 is 11.9 Å². The highest BCUT2D eigenvalue weighted by Crippen LogP contribution is 2.15. The van der Waals surface area contributed by atoms with Gasteiger partial charge in [0.2, 0.25) is 0 Å². The molecule has 0 aromatic heterocycles. The largest absolute Gasteiger partial charge is 0.547 e. The second kappa shape index (κ2) is 16.4. The van der Waals surface area contributed by atoms with Gasteiger partial charge in [-0.1, -0.05) is 24.3 Å². The Balaban J connectivity index is 0.000000484. The van der Waals surface area contributed by atoms with Crippen LogP contribution in [-0.4, -0.2) is 82.0 Å². The minimum absolute atomic E-state index is 0.228. The summed E-state index contributed by atoms with van der Waals surface area (Å²) in [6, 6.07) is 13.2. The van der Waals surface area contributed by atoms with Crippen LogP contribution in [0.5, 0.6) is 11.5 Å². The second-order valence-electron chi connectivity index (χ2n) is 7.03. The van der Waals surface area contributed by atoms with Crippen LogP contribution in [0, 0.1) is 0 Å². The van der Waals surface area contributed by atoms with Crippen molar-refractivity contribution < 1.29 is 61.1 Å². The molecule has 0 fully saturated rings. The Labute approximate surface area is 196 Å². The van der Waals surface area contributed by atoms with E-state index in [1.165, 1.54) is 0 Å². The third kappa shape index (κ3) is 12.1. The van der Waals surface area contributed by atoms with Gasteiger partial charge in [0.25, 0.3) is 0 Å². The highest BCUT2D eigenvalue weighted by Gasteiger charge is 2.17. The van der Waals surface area contributed by atoms with Crippen molar-refractivity contribution in [1.82, 2.24) is 0 Å². The van der Waals surface area contributed by atoms with Gasteiger partial charge in [0.05, 0.1) is 26.0 Å². The summed E-state index contributed by atoms with van der Waals surface area (Å²) >= 11 is 0. The van der Waals surface area contributed by atoms with E-state index in [1.54, 1.807) is 48.5 Å². The number of phenols is 2. The first kappa shape index (κ1) is 30.7. The summed E-state index contributed by atoms with van der Waals surface area (Å²) in [4.78, 5) is 19.3. The monoisotopic (exact) mass is 484 g/mol. The third-order valence-corrected chi connectivity index (χ3v) is 4.26. The van der Waals surface area contributed by atoms with Crippen LogP contribution < -0.4 is 20.8 Å². The fourth-order valence-electron chi connectivity index (χ4n) is 2.37. The number of benzene rings is 2. The van der Waals surface area contributed by atoms with Gasteiger partial charge in [0, 0.05) is 0 Å². The third-order valence-electron chi connectivity index (χ3n) is 4.26. The van der Waals surface area contributed by atoms with Gasteiger partial charge in [-0.3, -0.25) is 0 Å². The Hall–Kier alpha value is -3.26. The van der Waals surface area contributed by atoms with Crippen molar-refractivity contribution in [3.63, 3.8) is 0 Å². The number of hydrogen-bond acceptors (Lipinski definition) is 10. The van der Waals surface area contributed by atoms with E-state index in [9.17, 15) is 30.0 Å². The number of quaternary nitrogens is 2. The van der Waals surface area contributed by atoms with Crippen molar-refractivity contribution in [1.29, 1.82) is 0 Å². The van der Waals surface area contributed by atoms with E-state index in [2.05, 4.69) is 0 Å². The molecule has 10 N–H and O–H groups in total. The van der Waals surface area contributed by atoms with Crippen LogP contribution in [-0.2, 0) is 9.59 Å². The highest BCUT2D eigenvalue weighted by atomic mass is 16.4. The van der Waals surface area contributed by atoms with E-state index in [0.717, 1.165) is 11.1 Å². The number of carbonyl (C=O) groups excluding carboxylic acids is 2. The SMILES string of the molecule is C[NH2+]C[C@@H](O)c1ccc(O)cc1.C[NH2+]C[C@H](O)c1ccc(O)cc1.O=C([O-])[C@@H](O)[C@H](O)C(=O)[O-]. The van der Waals surface area contributed by atoms with Crippen LogP contribution in [0.25, 0.3) is 0 Å². The molecule has 0 heterocycles. The smallest absolute Gasteiger partial charge is 0.128 e. The summed E-state index contributed by atoms with van der Waals surface area (Å²) in [5, 5.41) is 76.5. The van der Waals surface area contributed by atoms with Gasteiger partial charge in [-0.2, -0.15) is 0 Å². The number of aliphatic hydroxyl groups excluding tert-OH is 4. The number of carbonyl (C=O) groups is 2. The molecular weight excluding hydrogens is 452 g/mol. The standard InChI is InChI=1S/2C9H13NO2.C4H6O6/c2*1-10-6-9(12)7-2-4-8(11)5-3-7;5-1(3(7)8)2(6)4(9)10/h2*2-5,9-12H,6H2,1H3;1-2,5-6H,(H,7,8)(H,9,10)/t2*9-;1-,2-/m100/s1. The molecule has 0 spiro atoms. The predicted molar refractivity (Wildman–Crippen MR) is 114 cm³/mol. The zero-order valence-corrected chi connectivity index (χ0v) is 18.8. The van der Waals surface area contributed by atoms with Crippen LogP contribution in [0.4, 0.5) is 0 Å². The van der Waals surface area contributed by atoms with E-state index in [-0.39, 0.29) is 11.5 Å². The summed E-state index contributed by atoms with van der Waals surface area (Å²) in [5.41, 5.74) is 1.68. The van der Waals surface area contributed by atoms with E-state index in [4.69, 9.17) is 20.4 Å². The van der Waals surface area contributed by atoms with Gasteiger partial charge in [-0.15, -0.1) is 0 Å². The Kier molecular flexibility index (Phi) is 14.8. The molecule has 0 amide bonds. The molecule has 0 aliphatic heterocycles. The Bertz CT molecular complexity index is 774. The molecule has 0 unspecified atom stereocenters. The topological polar surface area (TPSA) is 235 Å². The number of likely N-dealkylation sites (N-methyl/N-ethyl adjacent to an activating group) is 2. The van der Waals surface area contributed by atoms with Crippen molar-refractivity contribution in [2.45, 2.75) is 24.4 Å². The molecule has 0 aliphatic rings. The lowest BCUT2D eigenvalue weighted by atomic mass is 10.1. The number of aromatic hydroxyl groups is 2. The van der Waals surface area contributed by atoms with Crippen molar-refractivity contribution in [2.75, 3.05) is 27.2 Å². The number of carboxylic acid groups (broad SMARTS) is 2. The number of aliphatic hydroxyl groups is 4. The Morgan fingerprint density at radius 3 is 1.15 bits per heavy atom. The lowest BCUT2D eigenvalue weighted by molar-refractivity contribution is -0.634. The number of aliphatic carboxylic acids is 2. The highest BCUT2D eigenvalue weighted by molar-refractivity contribution is 5.80. The molecule has 0 radical (unpaired) electrons. The summed E-state index contributed by atoms with van der Waals surface area (Å²) in [6.45, 7) is 1.29. The molecular formula is C22H32N2O10. The molecule has 2 aromatic carbocycles. The molecule has 2 rings (SSSR count). The summed E-state index contributed by atoms with van der Waals surface area (Å²) < 4.78 is 0. The molecule has 4 atom stereocenters. The zero-order chi connectivity index (χ0) is 26.3. The number of hydrogen-bond donors (Lipinski definition) is 8. The lowest BCUT2D eigenvalue weighted by Crippen LogP contribution is -2.80. The predicted octanol–water partition coefficient (Wildman–Crippen LogP) is -5.55. The maximum Gasteiger partial charge on any atom is 0.128 e. The fraction of sp³-hybridized carbons (Fsp3) is 0.364. The zero-order valence-electron chi connectivity index (χ0n) is 18.8. The summed E-state index contributed by atoms with van der Waals surface area (Å²) in [7, 11) is 3.81. The van der Waals surface area contributed by atoms with E-state index >= 15 is 0 Å². The lowest BCUT2D eigenvalue weighted by Gasteiger charge is -2.18. The molecule has 34 heavy (non-hydrogen) atoms. The van der Waals surface area contributed by atoms with E-state index in [0.29, 0.717) is 13.1 Å². The molecule has 0 saturated carbocycles. The Morgan fingerprint density at radius 1 is 0.676 bits per heavy atom. The van der Waals surface area contributed by atoms with Gasteiger partial charge in [0.1, 0.15) is 49.0 Å². The minimum Gasteiger partial charge on any atom is -0.547 e. The molecule has 0 bridgehead atoms. The Morgan fingerprint density at radius 2 is 0.941 bits per heavy atom. The van der Waals surface area contributed by atoms with Gasteiger partial charge in [0.15, 0.2) is 0 Å². The van der Waals surface area contributed by atoms with Crippen molar-refractivity contribution in [3.8, 4) is 11.5 Å². The first-order valence-corrected chi connectivity index (χ1v) is 10.2. The van der Waals surface area contributed by atoms with Crippen LogP contribution in [0.15, 0.2) is 48.5 Å². The molecule has 0 aliphatic carbocycles. The number of nitrogens with two attached hydrogens (primary N) is 2. The fourth-order valence-corrected chi connectivity index (χ4v) is 2.37. The van der Waals surface area contributed by atoms with Crippen LogP contribution in [0.2, 0.25) is 0 Å². The van der Waals surface area contributed by atoms with Gasteiger partial charge in [-0.25, -0.2) is 0 Å². The van der Waals surface area contributed by atoms with Crippen LogP contribution in [0.3, 0.4) is 0 Å². The maximum absolute atomic E-state index is 9.63. The number of carboxylic acids is 2. The van der Waals surface area contributed by atoms with Crippen LogP contribution >= 0.6 is 0 Å². The molecule has 12 nitrogen and oxygen atoms in total. The average molecular weight is 485 g/mol. The normalized spacial score (nSPS) is 13.7. The van der Waals surface area contributed by atoms with Gasteiger partial charge >= 0.3 is 0 Å². The molecule has 2 aromatic rings. The van der Waals surface area contributed by atoms with E-state index < -0.39 is 36.4 Å². The van der Waals surface area contributed by atoms with Crippen molar-refractivity contribution in [2.24, 2.45) is 0 Å². The van der Waals surface area contributed by atoms with E-state index in [1.807, 2.05) is 24.7 Å². The maximum atomic E-state index is 9.63. The average Bonchev–Trinajstić information content (AvgIpc) is 2.80. The minimum atomic E-state index is -2.44. The summed E-state index contributed by atoms with van der Waals surface area (Å²) in [6.07, 6.45) is -5.78. The quantitative estimate of drug-likeness (QED) is 0.168. The van der Waals surface area contributed by atoms with Gasteiger partial charge in [-0.05, 0) is 35.4 Å². The molecule has 0 saturated heterocycles. The number of rotatable bonds is 9. The van der Waals surface area contributed by atoms with Crippen LogP contribution in [0.1, 0.15) is 23.3 Å². The van der Waals surface area contributed by atoms with Gasteiger partial charge < -0.3 is 61.1 Å². The second-order valence-corrected chi connectivity index (χ2v) is 7.03. The molecule has 12 heteroatoms.